The Labute approximate surface area is 295 Å². The molecule has 0 unspecified atom stereocenters. The Hall–Kier alpha value is -1.59. The molecule has 6 heteroatoms. The van der Waals surface area contributed by atoms with Crippen LogP contribution >= 0.6 is 0 Å². The van der Waals surface area contributed by atoms with Crippen molar-refractivity contribution >= 4 is 25.2 Å². The summed E-state index contributed by atoms with van der Waals surface area (Å²) in [5.41, 5.74) is 6.66. The second-order valence-corrected chi connectivity index (χ2v) is 17.3. The van der Waals surface area contributed by atoms with Crippen LogP contribution < -0.4 is 10.9 Å². The number of hydrogen-bond donors (Lipinski definition) is 0. The van der Waals surface area contributed by atoms with Crippen molar-refractivity contribution in [3.63, 3.8) is 0 Å². The Bertz CT molecular complexity index is 1240. The molecular weight excluding hydrogens is 590 g/mol. The maximum absolute atomic E-state index is 6.62. The highest BCUT2D eigenvalue weighted by molar-refractivity contribution is 6.62. The molecule has 2 aromatic rings. The van der Waals surface area contributed by atoms with Crippen molar-refractivity contribution in [3.8, 4) is 0 Å². The van der Waals surface area contributed by atoms with E-state index in [2.05, 4.69) is 106 Å². The average Bonchev–Trinajstić information content (AvgIpc) is 3.39. The molecular formula is C42H66B2O4. The lowest BCUT2D eigenvalue weighted by atomic mass is 9.59. The van der Waals surface area contributed by atoms with Crippen LogP contribution in [0.5, 0.6) is 0 Å². The molecule has 3 aliphatic rings. The summed E-state index contributed by atoms with van der Waals surface area (Å²) in [5.74, 6) is 0. The van der Waals surface area contributed by atoms with Crippen molar-refractivity contribution in [1.82, 2.24) is 0 Å². The van der Waals surface area contributed by atoms with E-state index in [-0.39, 0.29) is 42.1 Å². The molecule has 0 N–H and O–H groups in total. The van der Waals surface area contributed by atoms with E-state index in [1.807, 2.05) is 0 Å². The average molecular weight is 657 g/mol. The molecule has 0 aromatic heterocycles. The van der Waals surface area contributed by atoms with Gasteiger partial charge >= 0.3 is 14.2 Å². The molecule has 0 amide bonds. The minimum atomic E-state index is -0.369. The summed E-state index contributed by atoms with van der Waals surface area (Å²) in [4.78, 5) is 0. The summed E-state index contributed by atoms with van der Waals surface area (Å²) in [6.45, 7) is 21.8. The minimum Gasteiger partial charge on any atom is -0.399 e. The molecule has 2 fully saturated rings. The maximum Gasteiger partial charge on any atom is 0.494 e. The van der Waals surface area contributed by atoms with E-state index >= 15 is 0 Å². The summed E-state index contributed by atoms with van der Waals surface area (Å²) >= 11 is 0. The van der Waals surface area contributed by atoms with Crippen LogP contribution in [0.2, 0.25) is 0 Å². The second kappa shape index (κ2) is 14.9. The highest BCUT2D eigenvalue weighted by atomic mass is 16.7. The van der Waals surface area contributed by atoms with Crippen LogP contribution in [-0.4, -0.2) is 36.6 Å². The Balaban J connectivity index is 1.57. The van der Waals surface area contributed by atoms with Gasteiger partial charge in [-0.15, -0.1) is 0 Å². The first-order valence-electron chi connectivity index (χ1n) is 19.6. The lowest BCUT2D eigenvalue weighted by Crippen LogP contribution is -2.41. The Morgan fingerprint density at radius 3 is 1.17 bits per heavy atom. The van der Waals surface area contributed by atoms with Crippen molar-refractivity contribution in [1.29, 1.82) is 0 Å². The fraction of sp³-hybridized carbons (Fsp3) is 0.714. The van der Waals surface area contributed by atoms with Crippen LogP contribution in [0.1, 0.15) is 181 Å². The maximum atomic E-state index is 6.62. The van der Waals surface area contributed by atoms with Gasteiger partial charge in [0.2, 0.25) is 0 Å². The van der Waals surface area contributed by atoms with Crippen LogP contribution in [0.25, 0.3) is 0 Å². The third-order valence-electron chi connectivity index (χ3n) is 12.6. The van der Waals surface area contributed by atoms with E-state index < -0.39 is 0 Å². The Kier molecular flexibility index (Phi) is 11.7. The molecule has 2 aromatic carbocycles. The third kappa shape index (κ3) is 7.68. The molecule has 2 heterocycles. The normalized spacial score (nSPS) is 21.4. The highest BCUT2D eigenvalue weighted by Crippen LogP contribution is 2.49. The van der Waals surface area contributed by atoms with E-state index in [0.29, 0.717) is 0 Å². The molecule has 2 saturated heterocycles. The third-order valence-corrected chi connectivity index (χ3v) is 12.6. The van der Waals surface area contributed by atoms with Crippen molar-refractivity contribution in [2.75, 3.05) is 0 Å². The molecule has 2 aliphatic heterocycles. The zero-order valence-corrected chi connectivity index (χ0v) is 32.4. The van der Waals surface area contributed by atoms with Crippen molar-refractivity contribution < 1.29 is 18.6 Å². The second-order valence-electron chi connectivity index (χ2n) is 17.3. The summed E-state index contributed by atoms with van der Waals surface area (Å²) in [6.07, 6.45) is 18.9. The lowest BCUT2D eigenvalue weighted by molar-refractivity contribution is 0.00578. The number of fused-ring (bicyclic) bond motifs is 2. The van der Waals surface area contributed by atoms with Gasteiger partial charge in [0.25, 0.3) is 0 Å². The molecule has 264 valence electrons. The number of rotatable bonds is 16. The summed E-state index contributed by atoms with van der Waals surface area (Å²) < 4.78 is 26.5. The quantitative estimate of drug-likeness (QED) is 0.133. The van der Waals surface area contributed by atoms with Gasteiger partial charge < -0.3 is 18.6 Å². The molecule has 1 aliphatic carbocycles. The van der Waals surface area contributed by atoms with Gasteiger partial charge in [0.05, 0.1) is 22.4 Å². The van der Waals surface area contributed by atoms with E-state index in [4.69, 9.17) is 18.6 Å². The molecule has 0 atom stereocenters. The molecule has 0 saturated carbocycles. The van der Waals surface area contributed by atoms with Gasteiger partial charge in [0.15, 0.2) is 0 Å². The molecule has 0 bridgehead atoms. The van der Waals surface area contributed by atoms with Gasteiger partial charge in [0.1, 0.15) is 0 Å². The van der Waals surface area contributed by atoms with Crippen molar-refractivity contribution in [2.24, 2.45) is 0 Å². The largest absolute Gasteiger partial charge is 0.494 e. The van der Waals surface area contributed by atoms with Crippen LogP contribution in [0.3, 0.4) is 0 Å². The molecule has 4 nitrogen and oxygen atoms in total. The van der Waals surface area contributed by atoms with E-state index in [9.17, 15) is 0 Å². The lowest BCUT2D eigenvalue weighted by Gasteiger charge is -2.42. The summed E-state index contributed by atoms with van der Waals surface area (Å²) in [6, 6.07) is 14.3. The zero-order valence-electron chi connectivity index (χ0n) is 32.4. The molecule has 5 rings (SSSR count). The van der Waals surface area contributed by atoms with Gasteiger partial charge in [0, 0.05) is 5.41 Å². The topological polar surface area (TPSA) is 36.9 Å². The van der Waals surface area contributed by atoms with Crippen LogP contribution in [0.4, 0.5) is 0 Å². The number of hydrogen-bond acceptors (Lipinski definition) is 4. The summed E-state index contributed by atoms with van der Waals surface area (Å²) in [7, 11) is -0.725. The Morgan fingerprint density at radius 1 is 0.479 bits per heavy atom. The minimum absolute atomic E-state index is 0.0717. The van der Waals surface area contributed by atoms with E-state index in [1.165, 1.54) is 99.3 Å². The summed E-state index contributed by atoms with van der Waals surface area (Å²) in [5, 5.41) is 0. The zero-order chi connectivity index (χ0) is 34.8. The van der Waals surface area contributed by atoms with E-state index in [0.717, 1.165) is 30.2 Å². The number of benzene rings is 2. The first kappa shape index (κ1) is 37.7. The van der Waals surface area contributed by atoms with E-state index in [1.54, 1.807) is 0 Å². The van der Waals surface area contributed by atoms with Crippen LogP contribution in [0, 0.1) is 0 Å². The van der Waals surface area contributed by atoms with Crippen LogP contribution in [-0.2, 0) is 30.5 Å². The van der Waals surface area contributed by atoms with Gasteiger partial charge in [-0.3, -0.25) is 0 Å². The molecule has 0 radical (unpaired) electrons. The van der Waals surface area contributed by atoms with Crippen molar-refractivity contribution in [3.05, 3.63) is 58.7 Å². The standard InChI is InChI=1S/C42H66B2O4/c1-11-13-15-17-19-21-27-42(28-22-20-18-16-14-12-2)36-30-34(43-45-38(3,4)39(5,6)46-43)25-23-32(36)29-33-24-26-35(31-37(33)42)44-47-40(7,8)41(9,10)48-44/h23-26,30-31H,11-22,27-29H2,1-10H3. The fourth-order valence-corrected chi connectivity index (χ4v) is 8.07. The highest BCUT2D eigenvalue weighted by Gasteiger charge is 2.53. The van der Waals surface area contributed by atoms with Gasteiger partial charge in [-0.25, -0.2) is 0 Å². The first-order valence-corrected chi connectivity index (χ1v) is 19.6. The first-order chi connectivity index (χ1) is 22.7. The molecule has 0 spiro atoms. The van der Waals surface area contributed by atoms with Crippen molar-refractivity contribution in [2.45, 2.75) is 193 Å². The van der Waals surface area contributed by atoms with Gasteiger partial charge in [-0.1, -0.05) is 127 Å². The monoisotopic (exact) mass is 657 g/mol. The number of unbranched alkanes of at least 4 members (excludes halogenated alkanes) is 10. The Morgan fingerprint density at radius 2 is 0.812 bits per heavy atom. The van der Waals surface area contributed by atoms with Crippen LogP contribution in [0.15, 0.2) is 36.4 Å². The fourth-order valence-electron chi connectivity index (χ4n) is 8.07. The molecule has 48 heavy (non-hydrogen) atoms. The van der Waals surface area contributed by atoms with Gasteiger partial charge in [-0.2, -0.15) is 0 Å². The predicted molar refractivity (Wildman–Crippen MR) is 204 cm³/mol. The smallest absolute Gasteiger partial charge is 0.399 e. The predicted octanol–water partition coefficient (Wildman–Crippen LogP) is 9.98. The SMILES string of the molecule is CCCCCCCCC1(CCCCCCCC)c2cc(B3OC(C)(C)C(C)(C)O3)ccc2Cc2ccc(B3OC(C)(C)C(C)(C)O3)cc21. The van der Waals surface area contributed by atoms with Gasteiger partial charge in [-0.05, 0) is 108 Å².